The summed E-state index contributed by atoms with van der Waals surface area (Å²) in [4.78, 5) is 9.69. The number of hydrogen-bond acceptors (Lipinski definition) is 3. The molecule has 0 saturated carbocycles. The predicted molar refractivity (Wildman–Crippen MR) is 239 cm³/mol. The summed E-state index contributed by atoms with van der Waals surface area (Å²) < 4.78 is 13.0. The van der Waals surface area contributed by atoms with Crippen molar-refractivity contribution in [3.8, 4) is 39.9 Å². The number of imidazole rings is 1. The second-order valence-electron chi connectivity index (χ2n) is 18.5. The summed E-state index contributed by atoms with van der Waals surface area (Å²) in [6.45, 7) is 20.3. The van der Waals surface area contributed by atoms with Crippen molar-refractivity contribution in [1.82, 2.24) is 19.1 Å². The Bertz CT molecular complexity index is 3000. The van der Waals surface area contributed by atoms with E-state index in [0.29, 0.717) is 17.3 Å². The number of para-hydroxylation sites is 2. The fourth-order valence-corrected chi connectivity index (χ4v) is 7.79. The molecule has 304 valence electrons. The molecule has 0 amide bonds. The largest absolute Gasteiger partial charge is 0.522 e. The Labute approximate surface area is 367 Å². The van der Waals surface area contributed by atoms with Crippen LogP contribution in [0.25, 0.3) is 61.3 Å². The molecular weight excluding hydrogens is 918 g/mol. The second kappa shape index (κ2) is 15.3. The fourth-order valence-electron chi connectivity index (χ4n) is 7.79. The van der Waals surface area contributed by atoms with Crippen molar-refractivity contribution in [2.45, 2.75) is 78.6 Å². The summed E-state index contributed by atoms with van der Waals surface area (Å²) >= 11 is 0. The van der Waals surface area contributed by atoms with Gasteiger partial charge in [-0.25, -0.2) is 4.98 Å². The standard InChI is InChI=1S/C53H49N5O.Pt/c1-51(2,3)36-24-26-55-49(31-36)58-45-20-14-13-18-43(45)44-23-22-40(32-47(44)58)59-41-25-27-54-48(33-41)57-34-56(39-29-37(52(4,5)6)28-38(30-39)53(7,8)9)50-42(19-15-21-46(50)57)35-16-11-10-12-17-35;/h10-31H,1-9H3;/q-2;. The van der Waals surface area contributed by atoms with E-state index in [1.54, 1.807) is 6.20 Å². The molecule has 0 bridgehead atoms. The molecule has 0 radical (unpaired) electrons. The molecule has 0 spiro atoms. The number of fused-ring (bicyclic) bond motifs is 4. The summed E-state index contributed by atoms with van der Waals surface area (Å²) in [7, 11) is 0. The summed E-state index contributed by atoms with van der Waals surface area (Å²) in [5, 5.41) is 2.21. The van der Waals surface area contributed by atoms with Gasteiger partial charge in [-0.1, -0.05) is 147 Å². The van der Waals surface area contributed by atoms with E-state index in [1.165, 1.54) is 16.7 Å². The molecule has 0 aliphatic heterocycles. The number of ether oxygens (including phenoxy) is 1. The topological polar surface area (TPSA) is 48.8 Å². The van der Waals surface area contributed by atoms with Crippen molar-refractivity contribution in [2.24, 2.45) is 0 Å². The Morgan fingerprint density at radius 1 is 0.567 bits per heavy atom. The monoisotopic (exact) mass is 966 g/mol. The van der Waals surface area contributed by atoms with Gasteiger partial charge in [0.05, 0.1) is 22.5 Å². The molecule has 0 aliphatic rings. The molecule has 9 aromatic rings. The smallest absolute Gasteiger partial charge is 0.269 e. The molecule has 0 N–H and O–H groups in total. The maximum absolute atomic E-state index is 6.60. The first-order chi connectivity index (χ1) is 28.1. The van der Waals surface area contributed by atoms with Crippen LogP contribution in [-0.2, 0) is 37.3 Å². The van der Waals surface area contributed by atoms with E-state index < -0.39 is 0 Å². The molecule has 0 aliphatic carbocycles. The third kappa shape index (κ3) is 7.58. The third-order valence-electron chi connectivity index (χ3n) is 11.2. The number of aromatic nitrogens is 5. The fraction of sp³-hybridized carbons (Fsp3) is 0.226. The minimum Gasteiger partial charge on any atom is -0.522 e. The molecule has 9 rings (SSSR count). The quantitative estimate of drug-likeness (QED) is 0.123. The van der Waals surface area contributed by atoms with Crippen LogP contribution in [0.4, 0.5) is 0 Å². The summed E-state index contributed by atoms with van der Waals surface area (Å²) in [6.07, 6.45) is 7.38. The predicted octanol–water partition coefficient (Wildman–Crippen LogP) is 12.5. The van der Waals surface area contributed by atoms with Crippen molar-refractivity contribution in [3.63, 3.8) is 0 Å². The van der Waals surface area contributed by atoms with E-state index >= 15 is 0 Å². The first-order valence-corrected chi connectivity index (χ1v) is 20.3. The van der Waals surface area contributed by atoms with E-state index in [4.69, 9.17) is 14.7 Å². The van der Waals surface area contributed by atoms with Crippen LogP contribution in [-0.4, -0.2) is 19.1 Å². The van der Waals surface area contributed by atoms with Crippen LogP contribution in [0.15, 0.2) is 134 Å². The molecule has 0 saturated heterocycles. The van der Waals surface area contributed by atoms with Gasteiger partial charge in [0.2, 0.25) is 0 Å². The van der Waals surface area contributed by atoms with Gasteiger partial charge in [0.15, 0.2) is 0 Å². The Morgan fingerprint density at radius 2 is 1.22 bits per heavy atom. The van der Waals surface area contributed by atoms with E-state index in [-0.39, 0.29) is 37.3 Å². The average Bonchev–Trinajstić information content (AvgIpc) is 3.77. The third-order valence-corrected chi connectivity index (χ3v) is 11.2. The number of pyridine rings is 2. The van der Waals surface area contributed by atoms with Gasteiger partial charge >= 0.3 is 0 Å². The van der Waals surface area contributed by atoms with E-state index in [0.717, 1.165) is 55.5 Å². The van der Waals surface area contributed by atoms with E-state index in [1.807, 2.05) is 22.9 Å². The molecule has 0 unspecified atom stereocenters. The molecule has 7 heteroatoms. The van der Waals surface area contributed by atoms with Crippen molar-refractivity contribution < 1.29 is 30.4 Å². The zero-order valence-corrected chi connectivity index (χ0v) is 37.9. The van der Waals surface area contributed by atoms with Crippen LogP contribution in [0.5, 0.6) is 11.5 Å². The van der Waals surface area contributed by atoms with E-state index in [2.05, 4.69) is 199 Å². The molecule has 5 aromatic carbocycles. The summed E-state index contributed by atoms with van der Waals surface area (Å²) in [5.41, 5.74) is 10.8. The normalized spacial score (nSPS) is 12.3. The molecule has 0 atom stereocenters. The van der Waals surface area contributed by atoms with Gasteiger partial charge in [-0.3, -0.25) is 14.1 Å². The van der Waals surface area contributed by atoms with Crippen LogP contribution in [0.1, 0.15) is 79.0 Å². The van der Waals surface area contributed by atoms with Crippen molar-refractivity contribution in [1.29, 1.82) is 0 Å². The molecule has 4 heterocycles. The van der Waals surface area contributed by atoms with Gasteiger partial charge in [0.25, 0.3) is 6.33 Å². The van der Waals surface area contributed by atoms with Crippen molar-refractivity contribution in [3.05, 3.63) is 169 Å². The zero-order valence-electron chi connectivity index (χ0n) is 35.7. The number of benzene rings is 5. The number of hydrogen-bond donors (Lipinski definition) is 0. The Morgan fingerprint density at radius 3 is 1.93 bits per heavy atom. The van der Waals surface area contributed by atoms with Crippen LogP contribution >= 0.6 is 0 Å². The van der Waals surface area contributed by atoms with Gasteiger partial charge < -0.3 is 9.30 Å². The minimum absolute atomic E-state index is 0. The Kier molecular flexibility index (Phi) is 10.4. The SMILES string of the molecule is CC(C)(C)c1cc(-[n+]2[c-]n(-c3[c-]c(Oc4[c-]c5c(cc4)c4ccccc4n5-c4cc(C(C)(C)C)ccn4)ccn3)c3cccc(-c4ccccc4)c32)cc(C(C)(C)C)c1.[Pt]. The Hall–Kier alpha value is -5.84. The molecule has 0 fully saturated rings. The molecule has 6 nitrogen and oxygen atoms in total. The van der Waals surface area contributed by atoms with Crippen molar-refractivity contribution >= 4 is 32.8 Å². The molecular formula is C53H49N5OPt-2. The maximum atomic E-state index is 6.60. The number of nitrogens with zero attached hydrogens (tertiary/aromatic N) is 5. The summed E-state index contributed by atoms with van der Waals surface area (Å²) in [6, 6.07) is 49.6. The van der Waals surface area contributed by atoms with Gasteiger partial charge in [0, 0.05) is 38.5 Å². The first kappa shape index (κ1) is 40.9. The molecule has 4 aromatic heterocycles. The zero-order chi connectivity index (χ0) is 41.3. The van der Waals surface area contributed by atoms with Crippen LogP contribution in [0.2, 0.25) is 0 Å². The van der Waals surface area contributed by atoms with E-state index in [9.17, 15) is 0 Å². The van der Waals surface area contributed by atoms with Gasteiger partial charge in [-0.05, 0) is 85.5 Å². The van der Waals surface area contributed by atoms with Crippen LogP contribution in [0, 0.1) is 18.5 Å². The second-order valence-corrected chi connectivity index (χ2v) is 18.5. The van der Waals surface area contributed by atoms with Crippen LogP contribution in [0.3, 0.4) is 0 Å². The van der Waals surface area contributed by atoms with Gasteiger partial charge in [0.1, 0.15) is 5.82 Å². The Balaban J connectivity index is 0.00000499. The average molecular weight is 967 g/mol. The van der Waals surface area contributed by atoms with Gasteiger partial charge in [-0.15, -0.1) is 17.5 Å². The minimum atomic E-state index is -0.0560. The summed E-state index contributed by atoms with van der Waals surface area (Å²) in [5.74, 6) is 2.50. The van der Waals surface area contributed by atoms with Crippen molar-refractivity contribution in [2.75, 3.05) is 0 Å². The first-order valence-electron chi connectivity index (χ1n) is 20.3. The van der Waals surface area contributed by atoms with Gasteiger partial charge in [-0.2, -0.15) is 18.2 Å². The maximum Gasteiger partial charge on any atom is 0.269 e. The number of rotatable bonds is 6. The molecule has 60 heavy (non-hydrogen) atoms. The van der Waals surface area contributed by atoms with Crippen LogP contribution < -0.4 is 9.30 Å².